The van der Waals surface area contributed by atoms with Gasteiger partial charge in [-0.05, 0) is 86.2 Å². The molecular weight excluding hydrogens is 993 g/mol. The molecule has 66 heavy (non-hydrogen) atoms. The Bertz CT molecular complexity index is 3130. The average Bonchev–Trinajstić information content (AvgIpc) is 3.66. The van der Waals surface area contributed by atoms with Gasteiger partial charge in [0.2, 0.25) is 0 Å². The van der Waals surface area contributed by atoms with E-state index in [-0.39, 0.29) is 55.2 Å². The quantitative estimate of drug-likeness (QED) is 0.162. The second-order valence-electron chi connectivity index (χ2n) is 19.3. The number of anilines is 2. The number of allylic oxidation sites excluding steroid dienone is 2. The van der Waals surface area contributed by atoms with Gasteiger partial charge in [0.25, 0.3) is 0 Å². The van der Waals surface area contributed by atoms with Gasteiger partial charge in [0.15, 0.2) is 0 Å². The Hall–Kier alpha value is -6.68. The van der Waals surface area contributed by atoms with E-state index >= 15 is 4.39 Å². The van der Waals surface area contributed by atoms with E-state index in [2.05, 4.69) is 162 Å². The summed E-state index contributed by atoms with van der Waals surface area (Å²) in [6, 6.07) is 54.6. The molecule has 2 unspecified atom stereocenters. The second-order valence-corrected chi connectivity index (χ2v) is 19.3. The molecule has 3 heterocycles. The van der Waals surface area contributed by atoms with E-state index in [4.69, 9.17) is 9.97 Å². The van der Waals surface area contributed by atoms with Crippen LogP contribution in [0.4, 0.5) is 15.8 Å². The molecule has 0 spiro atoms. The number of phenolic OH excluding ortho intramolecular Hbond substituents is 1. The molecule has 1 N–H and O–H groups in total. The summed E-state index contributed by atoms with van der Waals surface area (Å²) >= 11 is 0. The third kappa shape index (κ3) is 8.38. The van der Waals surface area contributed by atoms with Crippen molar-refractivity contribution >= 4 is 11.4 Å². The fourth-order valence-corrected chi connectivity index (χ4v) is 9.30. The summed E-state index contributed by atoms with van der Waals surface area (Å²) in [5.41, 5.74) is 14.8. The van der Waals surface area contributed by atoms with Crippen LogP contribution in [0.3, 0.4) is 0 Å². The Morgan fingerprint density at radius 3 is 1.91 bits per heavy atom. The SMILES string of the molecule is CC(C)(C)c1cc(-c2cc(-c3[c-]c(-c4cc(-c5cccc6c5N(c5ccccc5)C5C=CC=CC65)ccn4)ccc3)nc(-c3ccc(F)c(-c4ccccc4)c3O)c2)cc(C(C)(C)C)c1.[Pt]. The summed E-state index contributed by atoms with van der Waals surface area (Å²) in [5, 5.41) is 11.9. The van der Waals surface area contributed by atoms with E-state index in [0.29, 0.717) is 22.5 Å². The molecule has 6 heteroatoms. The number of rotatable bonds is 7. The number of hydrogen-bond donors (Lipinski definition) is 1. The van der Waals surface area contributed by atoms with Crippen molar-refractivity contribution in [2.45, 2.75) is 64.3 Å². The maximum Gasteiger partial charge on any atom is 0.135 e. The topological polar surface area (TPSA) is 49.2 Å². The van der Waals surface area contributed by atoms with Crippen molar-refractivity contribution in [3.8, 4) is 72.9 Å². The van der Waals surface area contributed by atoms with E-state index < -0.39 is 5.82 Å². The molecule has 4 nitrogen and oxygen atoms in total. The number of pyridine rings is 2. The number of aromatic nitrogens is 2. The van der Waals surface area contributed by atoms with E-state index in [0.717, 1.165) is 44.8 Å². The number of hydrogen-bond acceptors (Lipinski definition) is 4. The third-order valence-corrected chi connectivity index (χ3v) is 12.8. The number of fused-ring (bicyclic) bond motifs is 3. The molecule has 6 aromatic carbocycles. The number of phenols is 1. The van der Waals surface area contributed by atoms with Crippen molar-refractivity contribution in [1.29, 1.82) is 0 Å². The Kier molecular flexibility index (Phi) is 11.9. The summed E-state index contributed by atoms with van der Waals surface area (Å²) in [5.74, 6) is -0.418. The van der Waals surface area contributed by atoms with Crippen molar-refractivity contribution in [2.75, 3.05) is 4.90 Å². The van der Waals surface area contributed by atoms with Gasteiger partial charge in [-0.2, -0.15) is 0 Å². The van der Waals surface area contributed by atoms with Crippen LogP contribution < -0.4 is 4.90 Å². The van der Waals surface area contributed by atoms with Crippen molar-refractivity contribution in [3.05, 3.63) is 211 Å². The van der Waals surface area contributed by atoms with Gasteiger partial charge < -0.3 is 10.0 Å². The van der Waals surface area contributed by atoms with Crippen molar-refractivity contribution in [3.63, 3.8) is 0 Å². The molecule has 0 fully saturated rings. The smallest absolute Gasteiger partial charge is 0.135 e. The van der Waals surface area contributed by atoms with Gasteiger partial charge in [-0.25, -0.2) is 4.39 Å². The molecule has 8 aromatic rings. The van der Waals surface area contributed by atoms with E-state index in [9.17, 15) is 5.11 Å². The van der Waals surface area contributed by atoms with E-state index in [1.807, 2.05) is 48.7 Å². The molecule has 2 atom stereocenters. The van der Waals surface area contributed by atoms with Crippen LogP contribution in [0.25, 0.3) is 67.2 Å². The first-order valence-corrected chi connectivity index (χ1v) is 22.4. The summed E-state index contributed by atoms with van der Waals surface area (Å²) < 4.78 is 15.6. The molecular formula is C60H51FN3OPt-. The third-order valence-electron chi connectivity index (χ3n) is 12.8. The molecule has 0 saturated heterocycles. The maximum absolute atomic E-state index is 15.6. The predicted octanol–water partition coefficient (Wildman–Crippen LogP) is 15.4. The number of halogens is 1. The largest absolute Gasteiger partial charge is 0.506 e. The second kappa shape index (κ2) is 17.6. The zero-order valence-electron chi connectivity index (χ0n) is 38.0. The fraction of sp³-hybridized carbons (Fsp3) is 0.167. The zero-order chi connectivity index (χ0) is 45.0. The van der Waals surface area contributed by atoms with Crippen LogP contribution >= 0.6 is 0 Å². The van der Waals surface area contributed by atoms with Gasteiger partial charge in [-0.3, -0.25) is 9.97 Å². The molecule has 2 aliphatic rings. The molecule has 0 saturated carbocycles. The van der Waals surface area contributed by atoms with Gasteiger partial charge in [-0.15, -0.1) is 24.3 Å². The number of benzene rings is 6. The summed E-state index contributed by atoms with van der Waals surface area (Å²) in [7, 11) is 0. The van der Waals surface area contributed by atoms with Gasteiger partial charge in [0, 0.05) is 61.4 Å². The molecule has 1 aliphatic heterocycles. The Labute approximate surface area is 402 Å². The first-order chi connectivity index (χ1) is 31.3. The Morgan fingerprint density at radius 1 is 0.576 bits per heavy atom. The normalized spacial score (nSPS) is 15.3. The number of para-hydroxylation sites is 2. The standard InChI is InChI=1S/C60H51FN3O.Pt/c1-59(2,3)44-32-42(33-45(37-44)60(4,5)6)43-35-53(63-54(36-43)50-27-28-51(61)56(58(50)65)38-17-9-7-10-18-38)41-20-15-19-40(31-41)52-34-39(29-30-62-52)47-24-16-25-49-48-23-13-14-26-55(48)64(57(47)49)46-21-11-8-12-22-46;/h7-30,32-37,48,55,65H,1-6H3;/q-1;. The molecule has 10 rings (SSSR count). The van der Waals surface area contributed by atoms with E-state index in [1.54, 1.807) is 18.2 Å². The van der Waals surface area contributed by atoms with E-state index in [1.165, 1.54) is 28.4 Å². The van der Waals surface area contributed by atoms with Crippen LogP contribution in [0.5, 0.6) is 5.75 Å². The van der Waals surface area contributed by atoms with Crippen LogP contribution in [0.1, 0.15) is 64.2 Å². The minimum Gasteiger partial charge on any atom is -0.506 e. The van der Waals surface area contributed by atoms with Crippen LogP contribution in [0, 0.1) is 11.9 Å². The molecule has 330 valence electrons. The first-order valence-electron chi connectivity index (χ1n) is 22.4. The molecule has 2 aromatic heterocycles. The van der Waals surface area contributed by atoms with Gasteiger partial charge in [0.05, 0.1) is 23.0 Å². The molecule has 0 amide bonds. The van der Waals surface area contributed by atoms with Gasteiger partial charge in [0.1, 0.15) is 11.6 Å². The Morgan fingerprint density at radius 2 is 1.20 bits per heavy atom. The van der Waals surface area contributed by atoms with Crippen LogP contribution in [-0.2, 0) is 31.9 Å². The predicted molar refractivity (Wildman–Crippen MR) is 266 cm³/mol. The van der Waals surface area contributed by atoms with Gasteiger partial charge in [-0.1, -0.05) is 174 Å². The summed E-state index contributed by atoms with van der Waals surface area (Å²) in [6.07, 6.45) is 10.8. The van der Waals surface area contributed by atoms with Crippen molar-refractivity contribution in [2.24, 2.45) is 0 Å². The van der Waals surface area contributed by atoms with Gasteiger partial charge >= 0.3 is 0 Å². The minimum atomic E-state index is -0.502. The molecule has 0 bridgehead atoms. The molecule has 0 radical (unpaired) electrons. The zero-order valence-corrected chi connectivity index (χ0v) is 40.2. The van der Waals surface area contributed by atoms with Crippen LogP contribution in [0.2, 0.25) is 0 Å². The van der Waals surface area contributed by atoms with Crippen LogP contribution in [-0.4, -0.2) is 21.1 Å². The van der Waals surface area contributed by atoms with Crippen molar-refractivity contribution < 1.29 is 30.6 Å². The summed E-state index contributed by atoms with van der Waals surface area (Å²) in [6.45, 7) is 13.4. The first kappa shape index (κ1) is 44.5. The number of nitrogens with zero attached hydrogens (tertiary/aromatic N) is 3. The van der Waals surface area contributed by atoms with Crippen LogP contribution in [0.15, 0.2) is 182 Å². The number of aromatic hydroxyl groups is 1. The maximum atomic E-state index is 15.6. The minimum absolute atomic E-state index is 0. The monoisotopic (exact) mass is 1040 g/mol. The van der Waals surface area contributed by atoms with Crippen molar-refractivity contribution in [1.82, 2.24) is 9.97 Å². The fourth-order valence-electron chi connectivity index (χ4n) is 9.30. The average molecular weight is 1040 g/mol. The molecule has 1 aliphatic carbocycles. The summed E-state index contributed by atoms with van der Waals surface area (Å²) in [4.78, 5) is 12.6. The Balaban J connectivity index is 0.00000548.